The van der Waals surface area contributed by atoms with Crippen molar-refractivity contribution >= 4 is 17.6 Å². The SMILES string of the molecule is Cc1oc(-c2ccco2)nc1CC(=O)Nc1cc(C(=O)O)ccc1F. The number of carboxylic acids is 1. The van der Waals surface area contributed by atoms with Crippen LogP contribution in [-0.4, -0.2) is 22.0 Å². The number of rotatable bonds is 5. The molecule has 3 rings (SSSR count). The third kappa shape index (κ3) is 3.57. The number of hydrogen-bond acceptors (Lipinski definition) is 5. The van der Waals surface area contributed by atoms with Crippen LogP contribution in [0.2, 0.25) is 0 Å². The van der Waals surface area contributed by atoms with Crippen LogP contribution in [0.5, 0.6) is 0 Å². The fourth-order valence-electron chi connectivity index (χ4n) is 2.20. The van der Waals surface area contributed by atoms with Crippen LogP contribution in [0, 0.1) is 12.7 Å². The summed E-state index contributed by atoms with van der Waals surface area (Å²) in [5, 5.41) is 11.3. The number of aromatic carboxylic acids is 1. The van der Waals surface area contributed by atoms with Crippen LogP contribution in [0.3, 0.4) is 0 Å². The predicted octanol–water partition coefficient (Wildman–Crippen LogP) is 3.26. The molecular formula is C17H13FN2O5. The minimum Gasteiger partial charge on any atom is -0.478 e. The van der Waals surface area contributed by atoms with Gasteiger partial charge in [0.1, 0.15) is 11.6 Å². The van der Waals surface area contributed by atoms with Crippen LogP contribution >= 0.6 is 0 Å². The highest BCUT2D eigenvalue weighted by Gasteiger charge is 2.17. The summed E-state index contributed by atoms with van der Waals surface area (Å²) in [5.41, 5.74) is 0.0328. The van der Waals surface area contributed by atoms with Crippen molar-refractivity contribution in [3.63, 3.8) is 0 Å². The van der Waals surface area contributed by atoms with Crippen molar-refractivity contribution in [2.45, 2.75) is 13.3 Å². The Morgan fingerprint density at radius 3 is 2.80 bits per heavy atom. The smallest absolute Gasteiger partial charge is 0.335 e. The van der Waals surface area contributed by atoms with Crippen LogP contribution in [0.4, 0.5) is 10.1 Å². The number of carboxylic acid groups (broad SMARTS) is 1. The summed E-state index contributed by atoms with van der Waals surface area (Å²) in [6.07, 6.45) is 1.31. The summed E-state index contributed by atoms with van der Waals surface area (Å²) in [5.74, 6) is -1.40. The summed E-state index contributed by atoms with van der Waals surface area (Å²) < 4.78 is 24.4. The molecule has 1 amide bonds. The molecule has 0 atom stereocenters. The molecule has 0 aliphatic rings. The molecule has 3 aromatic rings. The summed E-state index contributed by atoms with van der Waals surface area (Å²) in [6.45, 7) is 1.65. The molecule has 0 aliphatic heterocycles. The van der Waals surface area contributed by atoms with Gasteiger partial charge in [0.05, 0.1) is 29.6 Å². The van der Waals surface area contributed by atoms with E-state index >= 15 is 0 Å². The monoisotopic (exact) mass is 344 g/mol. The third-order valence-corrected chi connectivity index (χ3v) is 3.44. The number of carbonyl (C=O) groups is 2. The van der Waals surface area contributed by atoms with Crippen molar-refractivity contribution in [1.29, 1.82) is 0 Å². The maximum Gasteiger partial charge on any atom is 0.335 e. The van der Waals surface area contributed by atoms with Gasteiger partial charge in [-0.05, 0) is 37.3 Å². The highest BCUT2D eigenvalue weighted by Crippen LogP contribution is 2.23. The van der Waals surface area contributed by atoms with Crippen molar-refractivity contribution in [2.75, 3.05) is 5.32 Å². The molecule has 0 spiro atoms. The molecule has 0 bridgehead atoms. The van der Waals surface area contributed by atoms with Gasteiger partial charge in [-0.2, -0.15) is 0 Å². The van der Waals surface area contributed by atoms with E-state index < -0.39 is 17.7 Å². The van der Waals surface area contributed by atoms with Gasteiger partial charge < -0.3 is 19.3 Å². The Balaban J connectivity index is 1.75. The maximum absolute atomic E-state index is 13.7. The topological polar surface area (TPSA) is 106 Å². The lowest BCUT2D eigenvalue weighted by Gasteiger charge is -2.06. The van der Waals surface area contributed by atoms with Gasteiger partial charge in [-0.15, -0.1) is 0 Å². The number of nitrogens with one attached hydrogen (secondary N) is 1. The molecule has 0 fully saturated rings. The van der Waals surface area contributed by atoms with Crippen LogP contribution in [0.15, 0.2) is 45.4 Å². The van der Waals surface area contributed by atoms with E-state index in [-0.39, 0.29) is 23.6 Å². The second-order valence-corrected chi connectivity index (χ2v) is 5.22. The summed E-state index contributed by atoms with van der Waals surface area (Å²) in [7, 11) is 0. The van der Waals surface area contributed by atoms with Gasteiger partial charge in [-0.1, -0.05) is 0 Å². The number of benzene rings is 1. The van der Waals surface area contributed by atoms with Gasteiger partial charge in [0.15, 0.2) is 5.76 Å². The first-order valence-electron chi connectivity index (χ1n) is 7.27. The summed E-state index contributed by atoms with van der Waals surface area (Å²) in [4.78, 5) is 27.3. The quantitative estimate of drug-likeness (QED) is 0.736. The van der Waals surface area contributed by atoms with Gasteiger partial charge in [-0.3, -0.25) is 4.79 Å². The molecule has 2 N–H and O–H groups in total. The normalized spacial score (nSPS) is 10.6. The van der Waals surface area contributed by atoms with Crippen LogP contribution in [-0.2, 0) is 11.2 Å². The molecule has 1 aromatic carbocycles. The number of furan rings is 1. The highest BCUT2D eigenvalue weighted by molar-refractivity contribution is 5.94. The van der Waals surface area contributed by atoms with Crippen molar-refractivity contribution in [1.82, 2.24) is 4.98 Å². The minimum atomic E-state index is -1.22. The van der Waals surface area contributed by atoms with Crippen molar-refractivity contribution in [2.24, 2.45) is 0 Å². The fourth-order valence-corrected chi connectivity index (χ4v) is 2.20. The lowest BCUT2D eigenvalue weighted by molar-refractivity contribution is -0.115. The molecule has 0 unspecified atom stereocenters. The zero-order chi connectivity index (χ0) is 18.0. The molecule has 25 heavy (non-hydrogen) atoms. The predicted molar refractivity (Wildman–Crippen MR) is 84.6 cm³/mol. The van der Waals surface area contributed by atoms with Gasteiger partial charge in [0, 0.05) is 0 Å². The number of aromatic nitrogens is 1. The number of halogens is 1. The lowest BCUT2D eigenvalue weighted by atomic mass is 10.2. The molecule has 8 heteroatoms. The van der Waals surface area contributed by atoms with Crippen molar-refractivity contribution < 1.29 is 27.9 Å². The summed E-state index contributed by atoms with van der Waals surface area (Å²) in [6, 6.07) is 6.50. The second-order valence-electron chi connectivity index (χ2n) is 5.22. The van der Waals surface area contributed by atoms with E-state index in [2.05, 4.69) is 10.3 Å². The number of carbonyl (C=O) groups excluding carboxylic acids is 1. The standard InChI is InChI=1S/C17H13FN2O5/c1-9-12(20-16(25-9)14-3-2-6-24-14)8-15(21)19-13-7-10(17(22)23)4-5-11(13)18/h2-7H,8H2,1H3,(H,19,21)(H,22,23). The van der Waals surface area contributed by atoms with E-state index in [1.165, 1.54) is 6.26 Å². The van der Waals surface area contributed by atoms with Gasteiger partial charge in [0.2, 0.25) is 5.91 Å². The average molecular weight is 344 g/mol. The first kappa shape index (κ1) is 16.4. The average Bonchev–Trinajstić information content (AvgIpc) is 3.20. The zero-order valence-electron chi connectivity index (χ0n) is 13.1. The van der Waals surface area contributed by atoms with Crippen LogP contribution in [0.1, 0.15) is 21.8 Å². The van der Waals surface area contributed by atoms with Gasteiger partial charge in [0.25, 0.3) is 5.89 Å². The van der Waals surface area contributed by atoms with Crippen molar-refractivity contribution in [3.8, 4) is 11.7 Å². The molecule has 0 aliphatic carbocycles. The summed E-state index contributed by atoms with van der Waals surface area (Å²) >= 11 is 0. The Hall–Kier alpha value is -3.42. The molecule has 2 aromatic heterocycles. The maximum atomic E-state index is 13.7. The van der Waals surface area contributed by atoms with Crippen LogP contribution in [0.25, 0.3) is 11.7 Å². The number of anilines is 1. The molecule has 128 valence electrons. The van der Waals surface area contributed by atoms with Crippen LogP contribution < -0.4 is 5.32 Å². The molecule has 7 nitrogen and oxygen atoms in total. The molecule has 0 saturated carbocycles. The van der Waals surface area contributed by atoms with E-state index in [0.717, 1.165) is 18.2 Å². The number of amides is 1. The Kier molecular flexibility index (Phi) is 4.34. The van der Waals surface area contributed by atoms with E-state index in [1.807, 2.05) is 0 Å². The zero-order valence-corrected chi connectivity index (χ0v) is 13.1. The Morgan fingerprint density at radius 1 is 1.32 bits per heavy atom. The van der Waals surface area contributed by atoms with E-state index in [4.69, 9.17) is 13.9 Å². The van der Waals surface area contributed by atoms with E-state index in [0.29, 0.717) is 17.2 Å². The molecule has 0 radical (unpaired) electrons. The van der Waals surface area contributed by atoms with Gasteiger partial charge in [-0.25, -0.2) is 14.2 Å². The van der Waals surface area contributed by atoms with E-state index in [1.54, 1.807) is 19.1 Å². The molecule has 2 heterocycles. The second kappa shape index (κ2) is 6.60. The number of aryl methyl sites for hydroxylation is 1. The largest absolute Gasteiger partial charge is 0.478 e. The highest BCUT2D eigenvalue weighted by atomic mass is 19.1. The van der Waals surface area contributed by atoms with E-state index in [9.17, 15) is 14.0 Å². The lowest BCUT2D eigenvalue weighted by Crippen LogP contribution is -2.16. The first-order valence-corrected chi connectivity index (χ1v) is 7.27. The van der Waals surface area contributed by atoms with Crippen molar-refractivity contribution in [3.05, 3.63) is 59.4 Å². The third-order valence-electron chi connectivity index (χ3n) is 3.44. The molecular weight excluding hydrogens is 331 g/mol. The first-order chi connectivity index (χ1) is 11.9. The number of hydrogen-bond donors (Lipinski definition) is 2. The number of nitrogens with zero attached hydrogens (tertiary/aromatic N) is 1. The Bertz CT molecular complexity index is 931. The minimum absolute atomic E-state index is 0.130. The fraction of sp³-hybridized carbons (Fsp3) is 0.118. The van der Waals surface area contributed by atoms with Gasteiger partial charge >= 0.3 is 5.97 Å². The Morgan fingerprint density at radius 2 is 2.12 bits per heavy atom. The Labute approximate surface area is 141 Å². The molecule has 0 saturated heterocycles. The number of oxazole rings is 1.